The van der Waals surface area contributed by atoms with Gasteiger partial charge in [-0.3, -0.25) is 0 Å². The van der Waals surface area contributed by atoms with Crippen molar-refractivity contribution in [2.75, 3.05) is 32.1 Å². The third kappa shape index (κ3) is 8.06. The monoisotopic (exact) mass is 279 g/mol. The van der Waals surface area contributed by atoms with Gasteiger partial charge in [0.2, 0.25) is 0 Å². The summed E-state index contributed by atoms with van der Waals surface area (Å²) in [6, 6.07) is 0. The summed E-state index contributed by atoms with van der Waals surface area (Å²) in [5.74, 6) is 0.416. The van der Waals surface area contributed by atoms with Crippen LogP contribution in [0.1, 0.15) is 40.5 Å². The van der Waals surface area contributed by atoms with Crippen LogP contribution in [0.5, 0.6) is 0 Å². The molecule has 0 heterocycles. The van der Waals surface area contributed by atoms with Gasteiger partial charge in [0.15, 0.2) is 9.84 Å². The summed E-state index contributed by atoms with van der Waals surface area (Å²) in [4.78, 5) is 0. The number of sulfone groups is 1. The summed E-state index contributed by atoms with van der Waals surface area (Å²) in [6.07, 6.45) is 2.05. The van der Waals surface area contributed by atoms with Crippen molar-refractivity contribution >= 4 is 9.84 Å². The first-order chi connectivity index (χ1) is 8.41. The lowest BCUT2D eigenvalue weighted by molar-refractivity contribution is 0.143. The van der Waals surface area contributed by atoms with Crippen molar-refractivity contribution in [1.29, 1.82) is 0 Å². The van der Waals surface area contributed by atoms with Crippen molar-refractivity contribution in [3.63, 3.8) is 0 Å². The number of hydrogen-bond acceptors (Lipinski definition) is 4. The molecule has 0 rings (SSSR count). The fourth-order valence-electron chi connectivity index (χ4n) is 1.54. The van der Waals surface area contributed by atoms with Crippen LogP contribution in [-0.2, 0) is 14.6 Å². The molecule has 1 unspecified atom stereocenters. The van der Waals surface area contributed by atoms with Crippen LogP contribution in [0.15, 0.2) is 0 Å². The Morgan fingerprint density at radius 1 is 1.11 bits per heavy atom. The summed E-state index contributed by atoms with van der Waals surface area (Å²) in [6.45, 7) is 10.6. The molecule has 0 spiro atoms. The zero-order chi connectivity index (χ0) is 14.0. The topological polar surface area (TPSA) is 55.4 Å². The highest BCUT2D eigenvalue weighted by molar-refractivity contribution is 7.92. The zero-order valence-electron chi connectivity index (χ0n) is 12.2. The Hall–Kier alpha value is -0.130. The van der Waals surface area contributed by atoms with Gasteiger partial charge in [0, 0.05) is 19.8 Å². The molecule has 0 saturated carbocycles. The normalized spacial score (nSPS) is 14.1. The van der Waals surface area contributed by atoms with Crippen molar-refractivity contribution in [2.24, 2.45) is 5.92 Å². The van der Waals surface area contributed by atoms with Crippen LogP contribution >= 0.6 is 0 Å². The molecule has 0 saturated heterocycles. The Balaban J connectivity index is 3.60. The van der Waals surface area contributed by atoms with E-state index >= 15 is 0 Å². The number of nitrogens with one attached hydrogen (secondary N) is 1. The van der Waals surface area contributed by atoms with E-state index in [1.165, 1.54) is 0 Å². The fraction of sp³-hybridized carbons (Fsp3) is 1.00. The SMILES string of the molecule is CCOCCCCNCCS(=O)(=O)C(C)C(C)C. The van der Waals surface area contributed by atoms with Gasteiger partial charge in [-0.25, -0.2) is 8.42 Å². The Kier molecular flexibility index (Phi) is 9.68. The molecular formula is C13H29NO3S. The molecule has 110 valence electrons. The first-order valence-corrected chi connectivity index (χ1v) is 8.63. The van der Waals surface area contributed by atoms with E-state index in [9.17, 15) is 8.42 Å². The van der Waals surface area contributed by atoms with Crippen molar-refractivity contribution in [3.05, 3.63) is 0 Å². The molecule has 4 nitrogen and oxygen atoms in total. The second-order valence-electron chi connectivity index (χ2n) is 4.97. The summed E-state index contributed by atoms with van der Waals surface area (Å²) < 4.78 is 29.0. The van der Waals surface area contributed by atoms with Crippen LogP contribution in [0.3, 0.4) is 0 Å². The Morgan fingerprint density at radius 2 is 1.78 bits per heavy atom. The summed E-state index contributed by atoms with van der Waals surface area (Å²) in [7, 11) is -2.95. The highest BCUT2D eigenvalue weighted by atomic mass is 32.2. The van der Waals surface area contributed by atoms with Gasteiger partial charge < -0.3 is 10.1 Å². The van der Waals surface area contributed by atoms with Gasteiger partial charge in [0.05, 0.1) is 11.0 Å². The predicted molar refractivity (Wildman–Crippen MR) is 76.7 cm³/mol. The highest BCUT2D eigenvalue weighted by Crippen LogP contribution is 2.11. The van der Waals surface area contributed by atoms with Crippen LogP contribution in [0.25, 0.3) is 0 Å². The van der Waals surface area contributed by atoms with E-state index in [2.05, 4.69) is 5.32 Å². The van der Waals surface area contributed by atoms with Crippen molar-refractivity contribution in [3.8, 4) is 0 Å². The second kappa shape index (κ2) is 9.75. The fourth-order valence-corrected chi connectivity index (χ4v) is 3.17. The molecule has 0 aromatic rings. The van der Waals surface area contributed by atoms with Gasteiger partial charge in [0.25, 0.3) is 0 Å². The van der Waals surface area contributed by atoms with E-state index in [0.29, 0.717) is 6.54 Å². The molecule has 0 amide bonds. The van der Waals surface area contributed by atoms with Crippen molar-refractivity contribution in [1.82, 2.24) is 5.32 Å². The summed E-state index contributed by atoms with van der Waals surface area (Å²) in [5, 5.41) is 2.92. The minimum absolute atomic E-state index is 0.182. The average Bonchev–Trinajstić information content (AvgIpc) is 2.31. The predicted octanol–water partition coefficient (Wildman–Crippen LogP) is 1.85. The van der Waals surface area contributed by atoms with E-state index in [1.54, 1.807) is 6.92 Å². The molecular weight excluding hydrogens is 250 g/mol. The van der Waals surface area contributed by atoms with Gasteiger partial charge >= 0.3 is 0 Å². The molecule has 0 fully saturated rings. The maximum atomic E-state index is 11.9. The molecule has 18 heavy (non-hydrogen) atoms. The first-order valence-electron chi connectivity index (χ1n) is 6.91. The first kappa shape index (κ1) is 17.9. The lowest BCUT2D eigenvalue weighted by Crippen LogP contribution is -2.31. The van der Waals surface area contributed by atoms with Gasteiger partial charge in [0.1, 0.15) is 0 Å². The number of ether oxygens (including phenoxy) is 1. The summed E-state index contributed by atoms with van der Waals surface area (Å²) >= 11 is 0. The van der Waals surface area contributed by atoms with Crippen LogP contribution in [0.4, 0.5) is 0 Å². The van der Waals surface area contributed by atoms with Gasteiger partial charge in [-0.1, -0.05) is 13.8 Å². The highest BCUT2D eigenvalue weighted by Gasteiger charge is 2.22. The largest absolute Gasteiger partial charge is 0.382 e. The smallest absolute Gasteiger partial charge is 0.154 e. The molecule has 0 aliphatic heterocycles. The third-order valence-electron chi connectivity index (χ3n) is 3.16. The Labute approximate surface area is 112 Å². The van der Waals surface area contributed by atoms with Gasteiger partial charge in [-0.15, -0.1) is 0 Å². The van der Waals surface area contributed by atoms with E-state index < -0.39 is 9.84 Å². The molecule has 0 aliphatic rings. The quantitative estimate of drug-likeness (QED) is 0.587. The molecule has 0 aromatic carbocycles. The third-order valence-corrected chi connectivity index (χ3v) is 5.62. The minimum Gasteiger partial charge on any atom is -0.382 e. The maximum absolute atomic E-state index is 11.9. The molecule has 1 atom stereocenters. The molecule has 5 heteroatoms. The lowest BCUT2D eigenvalue weighted by Gasteiger charge is -2.16. The van der Waals surface area contributed by atoms with E-state index in [1.807, 2.05) is 20.8 Å². The number of hydrogen-bond donors (Lipinski definition) is 1. The summed E-state index contributed by atoms with van der Waals surface area (Å²) in [5.41, 5.74) is 0. The van der Waals surface area contributed by atoms with Crippen LogP contribution < -0.4 is 5.32 Å². The van der Waals surface area contributed by atoms with Crippen molar-refractivity contribution < 1.29 is 13.2 Å². The minimum atomic E-state index is -2.95. The molecule has 0 bridgehead atoms. The second-order valence-corrected chi connectivity index (χ2v) is 7.45. The molecule has 0 aromatic heterocycles. The Bertz CT molecular complexity index is 289. The lowest BCUT2D eigenvalue weighted by atomic mass is 10.2. The molecule has 0 radical (unpaired) electrons. The molecule has 1 N–H and O–H groups in total. The number of unbranched alkanes of at least 4 members (excludes halogenated alkanes) is 1. The number of rotatable bonds is 11. The van der Waals surface area contributed by atoms with Gasteiger partial charge in [-0.05, 0) is 39.2 Å². The Morgan fingerprint density at radius 3 is 2.33 bits per heavy atom. The van der Waals surface area contributed by atoms with E-state index in [-0.39, 0.29) is 16.9 Å². The van der Waals surface area contributed by atoms with Gasteiger partial charge in [-0.2, -0.15) is 0 Å². The van der Waals surface area contributed by atoms with Crippen molar-refractivity contribution in [2.45, 2.75) is 45.8 Å². The zero-order valence-corrected chi connectivity index (χ0v) is 13.1. The maximum Gasteiger partial charge on any atom is 0.154 e. The van der Waals surface area contributed by atoms with Crippen LogP contribution in [0.2, 0.25) is 0 Å². The standard InChI is InChI=1S/C13H29NO3S/c1-5-17-10-7-6-8-14-9-11-18(15,16)13(4)12(2)3/h12-14H,5-11H2,1-4H3. The van der Waals surface area contributed by atoms with Crippen LogP contribution in [0, 0.1) is 5.92 Å². The average molecular weight is 279 g/mol. The molecule has 0 aliphatic carbocycles. The van der Waals surface area contributed by atoms with E-state index in [0.717, 1.165) is 32.6 Å². The van der Waals surface area contributed by atoms with Crippen LogP contribution in [-0.4, -0.2) is 45.7 Å². The van der Waals surface area contributed by atoms with E-state index in [4.69, 9.17) is 4.74 Å².